The lowest BCUT2D eigenvalue weighted by atomic mass is 9.91. The Balaban J connectivity index is 2.24. The van der Waals surface area contributed by atoms with Gasteiger partial charge >= 0.3 is 0 Å². The number of nitrogens with zero attached hydrogens (tertiary/aromatic N) is 1. The number of amides is 1. The van der Waals surface area contributed by atoms with Crippen LogP contribution in [0.4, 0.5) is 5.69 Å². The van der Waals surface area contributed by atoms with Crippen molar-refractivity contribution >= 4 is 11.6 Å². The molecular formula is C12H14N2O. The summed E-state index contributed by atoms with van der Waals surface area (Å²) in [7, 11) is 1.85. The lowest BCUT2D eigenvalue weighted by Gasteiger charge is -2.29. The number of benzene rings is 1. The van der Waals surface area contributed by atoms with Gasteiger partial charge in [0.1, 0.15) is 0 Å². The molecule has 0 fully saturated rings. The van der Waals surface area contributed by atoms with Crippen molar-refractivity contribution in [2.75, 3.05) is 11.9 Å². The number of rotatable bonds is 0. The Bertz CT molecular complexity index is 441. The van der Waals surface area contributed by atoms with Gasteiger partial charge in [0, 0.05) is 25.2 Å². The molecule has 0 spiro atoms. The molecule has 78 valence electrons. The van der Waals surface area contributed by atoms with Gasteiger partial charge in [0.05, 0.1) is 0 Å². The largest absolute Gasteiger partial charge is 0.324 e. The second-order valence-electron chi connectivity index (χ2n) is 4.48. The average Bonchev–Trinajstić information content (AvgIpc) is 2.54. The fourth-order valence-electron chi connectivity index (χ4n) is 2.85. The minimum Gasteiger partial charge on any atom is -0.324 e. The van der Waals surface area contributed by atoms with Crippen LogP contribution in [0.25, 0.3) is 0 Å². The fourth-order valence-corrected chi connectivity index (χ4v) is 2.85. The van der Waals surface area contributed by atoms with Crippen molar-refractivity contribution in [3.8, 4) is 0 Å². The summed E-state index contributed by atoms with van der Waals surface area (Å²) >= 11 is 0. The Kier molecular flexibility index (Phi) is 1.68. The monoisotopic (exact) mass is 202 g/mol. The zero-order valence-corrected chi connectivity index (χ0v) is 8.73. The molecule has 2 unspecified atom stereocenters. The van der Waals surface area contributed by atoms with Crippen LogP contribution in [0, 0.1) is 0 Å². The van der Waals surface area contributed by atoms with Crippen molar-refractivity contribution in [2.45, 2.75) is 24.8 Å². The van der Waals surface area contributed by atoms with Gasteiger partial charge in [0.15, 0.2) is 0 Å². The summed E-state index contributed by atoms with van der Waals surface area (Å²) in [5.41, 5.74) is 9.67. The lowest BCUT2D eigenvalue weighted by molar-refractivity contribution is -0.119. The summed E-state index contributed by atoms with van der Waals surface area (Å²) < 4.78 is 0. The van der Waals surface area contributed by atoms with Gasteiger partial charge in [-0.3, -0.25) is 4.79 Å². The Labute approximate surface area is 88.9 Å². The van der Waals surface area contributed by atoms with Crippen LogP contribution in [-0.4, -0.2) is 13.0 Å². The van der Waals surface area contributed by atoms with E-state index in [2.05, 4.69) is 6.07 Å². The zero-order chi connectivity index (χ0) is 10.6. The molecule has 1 aromatic carbocycles. The molecule has 3 nitrogen and oxygen atoms in total. The summed E-state index contributed by atoms with van der Waals surface area (Å²) in [5, 5.41) is 0. The van der Waals surface area contributed by atoms with Gasteiger partial charge in [-0.2, -0.15) is 0 Å². The number of carbonyl (C=O) groups excluding carboxylic acids is 1. The molecule has 0 aromatic heterocycles. The van der Waals surface area contributed by atoms with Crippen molar-refractivity contribution in [1.29, 1.82) is 0 Å². The molecule has 0 saturated carbocycles. The van der Waals surface area contributed by atoms with E-state index in [-0.39, 0.29) is 11.9 Å². The Morgan fingerprint density at radius 1 is 1.47 bits per heavy atom. The summed E-state index contributed by atoms with van der Waals surface area (Å²) in [6.07, 6.45) is 1.54. The van der Waals surface area contributed by atoms with Crippen molar-refractivity contribution in [1.82, 2.24) is 0 Å². The molecule has 0 radical (unpaired) electrons. The molecular weight excluding hydrogens is 188 g/mol. The third-order valence-electron chi connectivity index (χ3n) is 3.62. The topological polar surface area (TPSA) is 46.3 Å². The second-order valence-corrected chi connectivity index (χ2v) is 4.48. The van der Waals surface area contributed by atoms with Crippen LogP contribution in [0.1, 0.15) is 35.9 Å². The van der Waals surface area contributed by atoms with Gasteiger partial charge in [-0.25, -0.2) is 0 Å². The lowest BCUT2D eigenvalue weighted by Crippen LogP contribution is -2.32. The van der Waals surface area contributed by atoms with Gasteiger partial charge < -0.3 is 10.6 Å². The van der Waals surface area contributed by atoms with Crippen LogP contribution in [0.2, 0.25) is 0 Å². The van der Waals surface area contributed by atoms with Crippen LogP contribution in [0.15, 0.2) is 18.2 Å². The molecule has 2 aliphatic rings. The minimum atomic E-state index is 0.115. The Morgan fingerprint density at radius 2 is 2.27 bits per heavy atom. The molecule has 1 heterocycles. The second kappa shape index (κ2) is 2.83. The minimum absolute atomic E-state index is 0.115. The summed E-state index contributed by atoms with van der Waals surface area (Å²) in [6.45, 7) is 0. The van der Waals surface area contributed by atoms with Crippen LogP contribution in [0.3, 0.4) is 0 Å². The molecule has 1 aliphatic heterocycles. The first-order valence-electron chi connectivity index (χ1n) is 5.33. The van der Waals surface area contributed by atoms with Crippen LogP contribution < -0.4 is 10.6 Å². The summed E-state index contributed by atoms with van der Waals surface area (Å²) in [4.78, 5) is 13.5. The van der Waals surface area contributed by atoms with E-state index in [0.717, 1.165) is 12.1 Å². The molecule has 2 atom stereocenters. The highest BCUT2D eigenvalue weighted by atomic mass is 16.2. The first-order chi connectivity index (χ1) is 7.18. The smallest absolute Gasteiger partial charge is 0.227 e. The van der Waals surface area contributed by atoms with E-state index in [4.69, 9.17) is 5.73 Å². The van der Waals surface area contributed by atoms with E-state index < -0.39 is 0 Å². The van der Waals surface area contributed by atoms with Crippen molar-refractivity contribution in [3.05, 3.63) is 29.3 Å². The Morgan fingerprint density at radius 3 is 3.07 bits per heavy atom. The number of hydrogen-bond donors (Lipinski definition) is 1. The highest BCUT2D eigenvalue weighted by Crippen LogP contribution is 2.48. The number of hydrogen-bond acceptors (Lipinski definition) is 2. The molecule has 3 rings (SSSR count). The zero-order valence-electron chi connectivity index (χ0n) is 8.73. The third-order valence-corrected chi connectivity index (χ3v) is 3.62. The highest BCUT2D eigenvalue weighted by Gasteiger charge is 2.37. The third kappa shape index (κ3) is 1.07. The molecule has 2 N–H and O–H groups in total. The summed E-state index contributed by atoms with van der Waals surface area (Å²) in [5.74, 6) is 0.564. The van der Waals surface area contributed by atoms with Crippen molar-refractivity contribution in [3.63, 3.8) is 0 Å². The maximum Gasteiger partial charge on any atom is 0.227 e. The van der Waals surface area contributed by atoms with E-state index >= 15 is 0 Å². The van der Waals surface area contributed by atoms with Gasteiger partial charge in [-0.05, 0) is 29.5 Å². The molecule has 1 amide bonds. The predicted octanol–water partition coefficient (Wildman–Crippen LogP) is 1.54. The average molecular weight is 202 g/mol. The summed E-state index contributed by atoms with van der Waals surface area (Å²) in [6, 6.07) is 6.21. The van der Waals surface area contributed by atoms with Crippen molar-refractivity contribution < 1.29 is 4.79 Å². The van der Waals surface area contributed by atoms with E-state index in [1.807, 2.05) is 19.2 Å². The van der Waals surface area contributed by atoms with Gasteiger partial charge in [0.2, 0.25) is 5.91 Å². The molecule has 1 aliphatic carbocycles. The number of nitrogens with two attached hydrogens (primary N) is 1. The maximum atomic E-state index is 11.7. The van der Waals surface area contributed by atoms with Crippen LogP contribution in [-0.2, 0) is 4.79 Å². The number of carbonyl (C=O) groups is 1. The SMILES string of the molecule is CN1C(=O)CC2CC(N)c3cccc1c32. The quantitative estimate of drug-likeness (QED) is 0.693. The van der Waals surface area contributed by atoms with Gasteiger partial charge in [0.25, 0.3) is 0 Å². The highest BCUT2D eigenvalue weighted by molar-refractivity contribution is 5.97. The maximum absolute atomic E-state index is 11.7. The number of anilines is 1. The standard InChI is InChI=1S/C12H14N2O/c1-14-10-4-2-3-8-9(13)5-7(12(8)10)6-11(14)15/h2-4,7,9H,5-6,13H2,1H3. The van der Waals surface area contributed by atoms with E-state index in [1.54, 1.807) is 4.90 Å². The van der Waals surface area contributed by atoms with E-state index in [9.17, 15) is 4.79 Å². The van der Waals surface area contributed by atoms with E-state index in [0.29, 0.717) is 12.3 Å². The molecule has 0 bridgehead atoms. The molecule has 0 saturated heterocycles. The van der Waals surface area contributed by atoms with Gasteiger partial charge in [-0.1, -0.05) is 12.1 Å². The fraction of sp³-hybridized carbons (Fsp3) is 0.417. The first-order valence-corrected chi connectivity index (χ1v) is 5.33. The Hall–Kier alpha value is -1.35. The molecule has 3 heteroatoms. The van der Waals surface area contributed by atoms with Gasteiger partial charge in [-0.15, -0.1) is 0 Å². The van der Waals surface area contributed by atoms with Crippen molar-refractivity contribution in [2.24, 2.45) is 5.73 Å². The predicted molar refractivity (Wildman–Crippen MR) is 58.8 cm³/mol. The van der Waals surface area contributed by atoms with E-state index in [1.165, 1.54) is 11.1 Å². The van der Waals surface area contributed by atoms with Crippen LogP contribution >= 0.6 is 0 Å². The molecule has 15 heavy (non-hydrogen) atoms. The normalized spacial score (nSPS) is 28.1. The van der Waals surface area contributed by atoms with Crippen LogP contribution in [0.5, 0.6) is 0 Å². The molecule has 1 aromatic rings. The first kappa shape index (κ1) is 8.92.